The number of nitrogen functional groups attached to an aromatic ring is 1. The van der Waals surface area contributed by atoms with E-state index < -0.39 is 0 Å². The van der Waals surface area contributed by atoms with Gasteiger partial charge < -0.3 is 10.7 Å². The van der Waals surface area contributed by atoms with Gasteiger partial charge in [0.05, 0.1) is 11.9 Å². The van der Waals surface area contributed by atoms with E-state index in [2.05, 4.69) is 30.0 Å². The molecule has 0 spiro atoms. The van der Waals surface area contributed by atoms with Crippen molar-refractivity contribution in [2.45, 2.75) is 26.3 Å². The summed E-state index contributed by atoms with van der Waals surface area (Å²) in [7, 11) is 0. The molecule has 0 saturated heterocycles. The SMILES string of the molecule is CC(C)c1nc2c(N)nc(-c3nn(Cc4ccccc4F)c4ncccc34)nc2[nH]c1=O. The number of benzene rings is 1. The summed E-state index contributed by atoms with van der Waals surface area (Å²) in [6.07, 6.45) is 1.64. The fraction of sp³-hybridized carbons (Fsp3) is 0.182. The number of fused-ring (bicyclic) bond motifs is 2. The average Bonchev–Trinajstić information content (AvgIpc) is 3.13. The molecule has 0 aliphatic rings. The summed E-state index contributed by atoms with van der Waals surface area (Å²) < 4.78 is 15.8. The standard InChI is InChI=1S/C22H19FN8O/c1-11(2)15-22(32)29-20-17(26-15)18(24)27-19(28-20)16-13-7-5-9-25-21(13)31(30-16)10-12-6-3-4-8-14(12)23/h3-9,11H,10H2,1-2H3,(H3,24,27,28,29,32). The largest absolute Gasteiger partial charge is 0.382 e. The molecule has 5 rings (SSSR count). The fourth-order valence-corrected chi connectivity index (χ4v) is 3.58. The zero-order valence-electron chi connectivity index (χ0n) is 17.4. The Morgan fingerprint density at radius 1 is 1.12 bits per heavy atom. The lowest BCUT2D eigenvalue weighted by atomic mass is 10.1. The number of pyridine rings is 1. The van der Waals surface area contributed by atoms with Gasteiger partial charge in [-0.3, -0.25) is 4.79 Å². The van der Waals surface area contributed by atoms with Crippen LogP contribution < -0.4 is 11.3 Å². The van der Waals surface area contributed by atoms with Crippen molar-refractivity contribution in [1.82, 2.24) is 34.7 Å². The third-order valence-electron chi connectivity index (χ3n) is 5.15. The maximum absolute atomic E-state index is 14.2. The number of aromatic nitrogens is 7. The number of hydrogen-bond acceptors (Lipinski definition) is 7. The molecule has 0 atom stereocenters. The molecule has 0 unspecified atom stereocenters. The summed E-state index contributed by atoms with van der Waals surface area (Å²) in [6.45, 7) is 3.92. The van der Waals surface area contributed by atoms with E-state index in [9.17, 15) is 9.18 Å². The number of hydrogen-bond donors (Lipinski definition) is 2. The molecule has 0 amide bonds. The molecule has 0 aliphatic heterocycles. The molecular formula is C22H19FN8O. The minimum atomic E-state index is -0.329. The number of nitrogens with one attached hydrogen (secondary N) is 1. The van der Waals surface area contributed by atoms with Crippen molar-refractivity contribution in [3.8, 4) is 11.5 Å². The van der Waals surface area contributed by atoms with Gasteiger partial charge in [-0.05, 0) is 18.2 Å². The summed E-state index contributed by atoms with van der Waals surface area (Å²) in [5, 5.41) is 5.28. The first-order chi connectivity index (χ1) is 15.4. The van der Waals surface area contributed by atoms with Crippen LogP contribution in [0.25, 0.3) is 33.7 Å². The second kappa shape index (κ2) is 7.49. The third kappa shape index (κ3) is 3.25. The molecule has 160 valence electrons. The smallest absolute Gasteiger partial charge is 0.271 e. The van der Waals surface area contributed by atoms with E-state index in [0.717, 1.165) is 0 Å². The fourth-order valence-electron chi connectivity index (χ4n) is 3.58. The van der Waals surface area contributed by atoms with Crippen molar-refractivity contribution >= 4 is 28.0 Å². The summed E-state index contributed by atoms with van der Waals surface area (Å²) in [5.41, 5.74) is 8.21. The predicted molar refractivity (Wildman–Crippen MR) is 118 cm³/mol. The monoisotopic (exact) mass is 430 g/mol. The number of nitrogens with zero attached hydrogens (tertiary/aromatic N) is 6. The Hall–Kier alpha value is -4.21. The van der Waals surface area contributed by atoms with Gasteiger partial charge in [-0.1, -0.05) is 32.0 Å². The van der Waals surface area contributed by atoms with Gasteiger partial charge in [0.25, 0.3) is 5.56 Å². The molecule has 0 bridgehead atoms. The second-order valence-electron chi connectivity index (χ2n) is 7.71. The summed E-state index contributed by atoms with van der Waals surface area (Å²) in [4.78, 5) is 32.8. The third-order valence-corrected chi connectivity index (χ3v) is 5.15. The highest BCUT2D eigenvalue weighted by atomic mass is 19.1. The lowest BCUT2D eigenvalue weighted by Gasteiger charge is -2.07. The highest BCUT2D eigenvalue weighted by Crippen LogP contribution is 2.27. The zero-order valence-corrected chi connectivity index (χ0v) is 17.4. The Balaban J connectivity index is 1.69. The number of rotatable bonds is 4. The van der Waals surface area contributed by atoms with E-state index in [1.165, 1.54) is 6.07 Å². The number of halogens is 1. The molecule has 0 saturated carbocycles. The summed E-state index contributed by atoms with van der Waals surface area (Å²) >= 11 is 0. The van der Waals surface area contributed by atoms with Crippen molar-refractivity contribution in [2.75, 3.05) is 5.73 Å². The van der Waals surface area contributed by atoms with Gasteiger partial charge in [0, 0.05) is 17.7 Å². The molecule has 0 aliphatic carbocycles. The highest BCUT2D eigenvalue weighted by molar-refractivity contribution is 5.91. The predicted octanol–water partition coefficient (Wildman–Crippen LogP) is 3.02. The van der Waals surface area contributed by atoms with Crippen molar-refractivity contribution in [2.24, 2.45) is 0 Å². The minimum Gasteiger partial charge on any atom is -0.382 e. The van der Waals surface area contributed by atoms with Crippen LogP contribution in [-0.4, -0.2) is 34.7 Å². The topological polar surface area (TPSA) is 128 Å². The number of H-pyrrole nitrogens is 1. The number of nitrogens with two attached hydrogens (primary N) is 1. The maximum Gasteiger partial charge on any atom is 0.271 e. The van der Waals surface area contributed by atoms with Gasteiger partial charge in [-0.15, -0.1) is 0 Å². The number of anilines is 1. The Kier molecular flexibility index (Phi) is 4.62. The second-order valence-corrected chi connectivity index (χ2v) is 7.71. The van der Waals surface area contributed by atoms with E-state index in [-0.39, 0.29) is 41.1 Å². The molecular weight excluding hydrogens is 411 g/mol. The van der Waals surface area contributed by atoms with Gasteiger partial charge in [0.1, 0.15) is 22.7 Å². The first kappa shape index (κ1) is 19.7. The van der Waals surface area contributed by atoms with Gasteiger partial charge in [-0.25, -0.2) is 29.0 Å². The molecule has 1 aromatic carbocycles. The average molecular weight is 430 g/mol. The quantitative estimate of drug-likeness (QED) is 0.448. The molecule has 5 aromatic rings. The van der Waals surface area contributed by atoms with Crippen LogP contribution in [0.1, 0.15) is 31.0 Å². The Morgan fingerprint density at radius 3 is 2.72 bits per heavy atom. The lowest BCUT2D eigenvalue weighted by Crippen LogP contribution is -2.18. The maximum atomic E-state index is 14.2. The number of aromatic amines is 1. The van der Waals surface area contributed by atoms with Crippen LogP contribution in [0, 0.1) is 5.82 Å². The van der Waals surface area contributed by atoms with Gasteiger partial charge >= 0.3 is 0 Å². The van der Waals surface area contributed by atoms with Gasteiger partial charge in [-0.2, -0.15) is 5.10 Å². The van der Waals surface area contributed by atoms with Gasteiger partial charge in [0.2, 0.25) is 0 Å². The van der Waals surface area contributed by atoms with E-state index in [1.54, 1.807) is 35.1 Å². The molecule has 4 aromatic heterocycles. The van der Waals surface area contributed by atoms with Crippen LogP contribution in [0.15, 0.2) is 47.4 Å². The molecule has 10 heteroatoms. The van der Waals surface area contributed by atoms with E-state index in [1.807, 2.05) is 19.9 Å². The first-order valence-electron chi connectivity index (χ1n) is 10.0. The zero-order chi connectivity index (χ0) is 22.4. The molecule has 4 heterocycles. The molecule has 9 nitrogen and oxygen atoms in total. The highest BCUT2D eigenvalue weighted by Gasteiger charge is 2.20. The van der Waals surface area contributed by atoms with Crippen molar-refractivity contribution in [1.29, 1.82) is 0 Å². The normalized spacial score (nSPS) is 11.6. The van der Waals surface area contributed by atoms with E-state index in [4.69, 9.17) is 5.73 Å². The summed E-state index contributed by atoms with van der Waals surface area (Å²) in [6, 6.07) is 10.1. The molecule has 32 heavy (non-hydrogen) atoms. The lowest BCUT2D eigenvalue weighted by molar-refractivity contribution is 0.589. The van der Waals surface area contributed by atoms with Crippen LogP contribution in [0.3, 0.4) is 0 Å². The summed E-state index contributed by atoms with van der Waals surface area (Å²) in [5.74, 6) is -0.0605. The minimum absolute atomic E-state index is 0.0775. The molecule has 3 N–H and O–H groups in total. The van der Waals surface area contributed by atoms with Crippen LogP contribution in [0.4, 0.5) is 10.2 Å². The first-order valence-corrected chi connectivity index (χ1v) is 10.0. The Bertz CT molecular complexity index is 1540. The van der Waals surface area contributed by atoms with E-state index in [0.29, 0.717) is 33.5 Å². The van der Waals surface area contributed by atoms with E-state index >= 15 is 0 Å². The van der Waals surface area contributed by atoms with Crippen LogP contribution in [-0.2, 0) is 6.54 Å². The van der Waals surface area contributed by atoms with Crippen molar-refractivity contribution in [3.63, 3.8) is 0 Å². The molecule has 0 radical (unpaired) electrons. The van der Waals surface area contributed by atoms with Crippen LogP contribution in [0.5, 0.6) is 0 Å². The Labute approximate surface area is 181 Å². The molecule has 0 fully saturated rings. The van der Waals surface area contributed by atoms with Crippen molar-refractivity contribution in [3.05, 3.63) is 70.0 Å². The van der Waals surface area contributed by atoms with Crippen molar-refractivity contribution < 1.29 is 4.39 Å². The van der Waals surface area contributed by atoms with Gasteiger partial charge in [0.15, 0.2) is 22.9 Å². The Morgan fingerprint density at radius 2 is 1.94 bits per heavy atom. The van der Waals surface area contributed by atoms with Crippen LogP contribution >= 0.6 is 0 Å². The van der Waals surface area contributed by atoms with Crippen LogP contribution in [0.2, 0.25) is 0 Å².